The minimum Gasteiger partial charge on any atom is -0.466 e. The molecule has 1 aromatic carbocycles. The number of amides is 3. The fourth-order valence-corrected chi connectivity index (χ4v) is 4.98. The van der Waals surface area contributed by atoms with Gasteiger partial charge in [0.2, 0.25) is 5.91 Å². The van der Waals surface area contributed by atoms with E-state index in [1.807, 2.05) is 15.9 Å². The van der Waals surface area contributed by atoms with Gasteiger partial charge in [-0.3, -0.25) is 9.59 Å². The summed E-state index contributed by atoms with van der Waals surface area (Å²) in [4.78, 5) is 42.4. The maximum Gasteiger partial charge on any atom is 0.317 e. The summed E-state index contributed by atoms with van der Waals surface area (Å²) < 4.78 is 5.18. The first-order valence-corrected chi connectivity index (χ1v) is 12.5. The van der Waals surface area contributed by atoms with Crippen molar-refractivity contribution in [2.45, 2.75) is 65.3 Å². The predicted molar refractivity (Wildman–Crippen MR) is 128 cm³/mol. The van der Waals surface area contributed by atoms with Crippen molar-refractivity contribution in [3.05, 3.63) is 35.4 Å². The van der Waals surface area contributed by atoms with Crippen molar-refractivity contribution in [1.82, 2.24) is 15.1 Å². The molecule has 182 valence electrons. The molecule has 7 heteroatoms. The number of piperidine rings is 2. The van der Waals surface area contributed by atoms with Gasteiger partial charge in [-0.15, -0.1) is 0 Å². The molecule has 3 amide bonds. The van der Waals surface area contributed by atoms with Crippen molar-refractivity contribution in [1.29, 1.82) is 0 Å². The van der Waals surface area contributed by atoms with Crippen molar-refractivity contribution >= 4 is 17.9 Å². The molecular formula is C26H39N3O4. The summed E-state index contributed by atoms with van der Waals surface area (Å²) in [5.74, 6) is -0.656. The molecule has 33 heavy (non-hydrogen) atoms. The van der Waals surface area contributed by atoms with Crippen LogP contribution in [0.4, 0.5) is 4.79 Å². The van der Waals surface area contributed by atoms with Crippen LogP contribution in [0.3, 0.4) is 0 Å². The van der Waals surface area contributed by atoms with Crippen LogP contribution in [0, 0.1) is 18.8 Å². The predicted octanol–water partition coefficient (Wildman–Crippen LogP) is 4.06. The molecule has 0 spiro atoms. The second-order valence-electron chi connectivity index (χ2n) is 9.32. The number of aryl methyl sites for hydroxylation is 1. The largest absolute Gasteiger partial charge is 0.466 e. The molecule has 2 saturated heterocycles. The highest BCUT2D eigenvalue weighted by Gasteiger charge is 2.39. The fourth-order valence-electron chi connectivity index (χ4n) is 4.98. The highest BCUT2D eigenvalue weighted by atomic mass is 16.5. The Morgan fingerprint density at radius 2 is 1.91 bits per heavy atom. The lowest BCUT2D eigenvalue weighted by Crippen LogP contribution is -2.52. The Hall–Kier alpha value is -2.57. The van der Waals surface area contributed by atoms with Crippen LogP contribution in [-0.2, 0) is 14.3 Å². The third kappa shape index (κ3) is 6.49. The Morgan fingerprint density at radius 3 is 2.64 bits per heavy atom. The summed E-state index contributed by atoms with van der Waals surface area (Å²) >= 11 is 0. The average Bonchev–Trinajstić information content (AvgIpc) is 2.83. The van der Waals surface area contributed by atoms with E-state index < -0.39 is 0 Å². The van der Waals surface area contributed by atoms with Gasteiger partial charge in [0.25, 0.3) is 0 Å². The molecule has 0 bridgehead atoms. The van der Waals surface area contributed by atoms with Gasteiger partial charge >= 0.3 is 12.0 Å². The van der Waals surface area contributed by atoms with Gasteiger partial charge in [0, 0.05) is 26.2 Å². The summed E-state index contributed by atoms with van der Waals surface area (Å²) in [6, 6.07) is 8.15. The lowest BCUT2D eigenvalue weighted by Gasteiger charge is -2.42. The highest BCUT2D eigenvalue weighted by Crippen LogP contribution is 2.35. The molecule has 0 radical (unpaired) electrons. The van der Waals surface area contributed by atoms with E-state index in [1.54, 1.807) is 6.92 Å². The molecule has 0 aliphatic carbocycles. The summed E-state index contributed by atoms with van der Waals surface area (Å²) in [7, 11) is 0. The molecule has 7 nitrogen and oxygen atoms in total. The first-order valence-electron chi connectivity index (χ1n) is 12.5. The molecule has 2 aliphatic rings. The number of rotatable bonds is 7. The van der Waals surface area contributed by atoms with E-state index in [1.165, 1.54) is 0 Å². The van der Waals surface area contributed by atoms with Crippen LogP contribution < -0.4 is 5.32 Å². The zero-order valence-electron chi connectivity index (χ0n) is 20.3. The van der Waals surface area contributed by atoms with Crippen molar-refractivity contribution < 1.29 is 19.1 Å². The molecule has 2 aliphatic heterocycles. The standard InChI is InChI=1S/C26H39N3O4/c1-4-6-14-27-26(32)29-18-21(12-13-23(29)20-10-7-9-19(3)16-20)24(30)28-15-8-11-22(17-28)25(31)33-5-2/h7,9-10,16,21-23H,4-6,8,11-15,17-18H2,1-3H3,(H,27,32)/t21-,22+,23-/m1/s1. The first-order chi connectivity index (χ1) is 15.9. The summed E-state index contributed by atoms with van der Waals surface area (Å²) in [5.41, 5.74) is 2.28. The average molecular weight is 458 g/mol. The van der Waals surface area contributed by atoms with Crippen LogP contribution in [0.1, 0.15) is 69.5 Å². The number of likely N-dealkylation sites (tertiary alicyclic amines) is 2. The normalized spacial score (nSPS) is 23.2. The third-order valence-electron chi connectivity index (χ3n) is 6.78. The molecule has 0 saturated carbocycles. The quantitative estimate of drug-likeness (QED) is 0.495. The molecule has 2 heterocycles. The molecule has 0 aromatic heterocycles. The van der Waals surface area contributed by atoms with Crippen LogP contribution in [0.5, 0.6) is 0 Å². The zero-order chi connectivity index (χ0) is 23.8. The van der Waals surface area contributed by atoms with Gasteiger partial charge in [0.15, 0.2) is 0 Å². The van der Waals surface area contributed by atoms with Crippen LogP contribution in [0.25, 0.3) is 0 Å². The van der Waals surface area contributed by atoms with Gasteiger partial charge in [-0.25, -0.2) is 4.79 Å². The van der Waals surface area contributed by atoms with Crippen molar-refractivity contribution in [3.63, 3.8) is 0 Å². The smallest absolute Gasteiger partial charge is 0.317 e. The van der Waals surface area contributed by atoms with Gasteiger partial charge < -0.3 is 19.9 Å². The Bertz CT molecular complexity index is 828. The van der Waals surface area contributed by atoms with Gasteiger partial charge in [0.1, 0.15) is 0 Å². The maximum absolute atomic E-state index is 13.4. The lowest BCUT2D eigenvalue weighted by molar-refractivity contribution is -0.152. The van der Waals surface area contributed by atoms with Gasteiger partial charge in [0.05, 0.1) is 24.5 Å². The number of carbonyl (C=O) groups is 3. The van der Waals surface area contributed by atoms with E-state index in [0.717, 1.165) is 49.7 Å². The fraction of sp³-hybridized carbons (Fsp3) is 0.654. The topological polar surface area (TPSA) is 79.0 Å². The number of unbranched alkanes of at least 4 members (excludes halogenated alkanes) is 1. The number of urea groups is 1. The second-order valence-corrected chi connectivity index (χ2v) is 9.32. The highest BCUT2D eigenvalue weighted by molar-refractivity contribution is 5.82. The number of esters is 1. The number of carbonyl (C=O) groups excluding carboxylic acids is 3. The van der Waals surface area contributed by atoms with Crippen molar-refractivity contribution in [2.75, 3.05) is 32.8 Å². The number of benzene rings is 1. The molecule has 3 rings (SSSR count). The van der Waals surface area contributed by atoms with Crippen molar-refractivity contribution in [2.24, 2.45) is 11.8 Å². The van der Waals surface area contributed by atoms with E-state index in [9.17, 15) is 14.4 Å². The van der Waals surface area contributed by atoms with E-state index in [2.05, 4.69) is 37.4 Å². The van der Waals surface area contributed by atoms with Crippen LogP contribution in [0.2, 0.25) is 0 Å². The Kier molecular flexibility index (Phi) is 9.15. The Balaban J connectivity index is 1.72. The zero-order valence-corrected chi connectivity index (χ0v) is 20.3. The second kappa shape index (κ2) is 12.1. The number of hydrogen-bond donors (Lipinski definition) is 1. The van der Waals surface area contributed by atoms with Crippen LogP contribution >= 0.6 is 0 Å². The van der Waals surface area contributed by atoms with E-state index in [4.69, 9.17) is 4.74 Å². The maximum atomic E-state index is 13.4. The number of nitrogens with zero attached hydrogens (tertiary/aromatic N) is 2. The minimum atomic E-state index is -0.250. The molecule has 2 fully saturated rings. The van der Waals surface area contributed by atoms with Gasteiger partial charge in [-0.2, -0.15) is 0 Å². The summed E-state index contributed by atoms with van der Waals surface area (Å²) in [6.07, 6.45) is 4.98. The number of nitrogens with one attached hydrogen (secondary N) is 1. The molecule has 1 aromatic rings. The molecular weight excluding hydrogens is 418 g/mol. The van der Waals surface area contributed by atoms with Crippen molar-refractivity contribution in [3.8, 4) is 0 Å². The van der Waals surface area contributed by atoms with Crippen LogP contribution in [-0.4, -0.2) is 60.5 Å². The molecule has 1 N–H and O–H groups in total. The van der Waals surface area contributed by atoms with E-state index in [-0.39, 0.29) is 35.8 Å². The van der Waals surface area contributed by atoms with E-state index >= 15 is 0 Å². The Labute approximate surface area is 197 Å². The molecule has 3 atom stereocenters. The van der Waals surface area contributed by atoms with Gasteiger partial charge in [-0.05, 0) is 51.5 Å². The minimum absolute atomic E-state index is 0.0378. The third-order valence-corrected chi connectivity index (χ3v) is 6.78. The monoisotopic (exact) mass is 457 g/mol. The van der Waals surface area contributed by atoms with Gasteiger partial charge in [-0.1, -0.05) is 43.2 Å². The SMILES string of the molecule is CCCCNC(=O)N1C[C@H](C(=O)N2CCC[C@H](C(=O)OCC)C2)CC[C@@H]1c1cccc(C)c1. The lowest BCUT2D eigenvalue weighted by atomic mass is 9.87. The Morgan fingerprint density at radius 1 is 1.09 bits per heavy atom. The summed E-state index contributed by atoms with van der Waals surface area (Å²) in [5, 5.41) is 3.04. The molecule has 0 unspecified atom stereocenters. The number of hydrogen-bond acceptors (Lipinski definition) is 4. The van der Waals surface area contributed by atoms with E-state index in [0.29, 0.717) is 32.8 Å². The number of ether oxygens (including phenoxy) is 1. The first kappa shape index (κ1) is 25.1. The van der Waals surface area contributed by atoms with Crippen LogP contribution in [0.15, 0.2) is 24.3 Å². The summed E-state index contributed by atoms with van der Waals surface area (Å²) in [6.45, 7) is 8.42.